The summed E-state index contributed by atoms with van der Waals surface area (Å²) >= 11 is 0. The van der Waals surface area contributed by atoms with Crippen molar-refractivity contribution in [3.05, 3.63) is 23.8 Å². The van der Waals surface area contributed by atoms with E-state index in [0.29, 0.717) is 36.0 Å². The largest absolute Gasteiger partial charge is 0.490 e. The molecule has 1 aromatic heterocycles. The van der Waals surface area contributed by atoms with Crippen molar-refractivity contribution in [3.8, 4) is 11.5 Å². The monoisotopic (exact) mass is 469 g/mol. The van der Waals surface area contributed by atoms with Gasteiger partial charge in [0.1, 0.15) is 0 Å². The van der Waals surface area contributed by atoms with Gasteiger partial charge < -0.3 is 24.0 Å². The van der Waals surface area contributed by atoms with Gasteiger partial charge in [-0.25, -0.2) is 10.2 Å². The number of hydrazone groups is 1. The molecule has 2 aromatic rings. The highest BCUT2D eigenvalue weighted by Gasteiger charge is 2.21. The summed E-state index contributed by atoms with van der Waals surface area (Å²) in [6.07, 6.45) is 6.24. The predicted octanol–water partition coefficient (Wildman–Crippen LogP) is 2.47. The topological polar surface area (TPSA) is 114 Å². The Morgan fingerprint density at radius 2 is 1.65 bits per heavy atom. The maximum atomic E-state index is 11.4. The van der Waals surface area contributed by atoms with Crippen LogP contribution in [0, 0.1) is 0 Å². The quantitative estimate of drug-likeness (QED) is 0.316. The van der Waals surface area contributed by atoms with Crippen LogP contribution in [0.15, 0.2) is 23.3 Å². The lowest BCUT2D eigenvalue weighted by Crippen LogP contribution is -2.25. The van der Waals surface area contributed by atoms with Gasteiger partial charge in [0.2, 0.25) is 17.8 Å². The smallest absolute Gasteiger partial charge is 0.343 e. The van der Waals surface area contributed by atoms with E-state index in [-0.39, 0.29) is 6.61 Å². The standard InChI is InChI=1S/C23H31N7O4/c1-3-33-19-14-17(8-9-18(19)34-16-20(31)32-2)15-24-28-21-25-22(29-10-4-5-11-29)27-23(26-21)30-12-6-7-13-30/h8-9,14-15H,3-7,10-13,16H2,1-2H3,(H,25,26,27,28)/b24-15-. The van der Waals surface area contributed by atoms with Crippen LogP contribution in [0.1, 0.15) is 38.2 Å². The summed E-state index contributed by atoms with van der Waals surface area (Å²) in [6, 6.07) is 5.34. The number of hydrogen-bond donors (Lipinski definition) is 1. The summed E-state index contributed by atoms with van der Waals surface area (Å²) in [5.74, 6) is 2.31. The summed E-state index contributed by atoms with van der Waals surface area (Å²) in [7, 11) is 1.32. The zero-order valence-electron chi connectivity index (χ0n) is 19.7. The second kappa shape index (κ2) is 11.5. The second-order valence-electron chi connectivity index (χ2n) is 8.02. The number of hydrogen-bond acceptors (Lipinski definition) is 11. The van der Waals surface area contributed by atoms with E-state index in [0.717, 1.165) is 57.4 Å². The van der Waals surface area contributed by atoms with E-state index in [1.165, 1.54) is 7.11 Å². The van der Waals surface area contributed by atoms with E-state index in [4.69, 9.17) is 14.5 Å². The average Bonchev–Trinajstić information content (AvgIpc) is 3.58. The summed E-state index contributed by atoms with van der Waals surface area (Å²) in [6.45, 7) is 5.96. The van der Waals surface area contributed by atoms with E-state index in [9.17, 15) is 4.79 Å². The molecule has 2 aliphatic rings. The SMILES string of the molecule is CCOc1cc(/C=N\Nc2nc(N3CCCC3)nc(N3CCCC3)n2)ccc1OCC(=O)OC. The number of ether oxygens (including phenoxy) is 3. The Kier molecular flexibility index (Phi) is 7.95. The van der Waals surface area contributed by atoms with E-state index in [1.807, 2.05) is 13.0 Å². The molecule has 34 heavy (non-hydrogen) atoms. The molecule has 0 aliphatic carbocycles. The minimum atomic E-state index is -0.462. The van der Waals surface area contributed by atoms with E-state index < -0.39 is 5.97 Å². The minimum absolute atomic E-state index is 0.191. The fourth-order valence-corrected chi connectivity index (χ4v) is 3.87. The third-order valence-corrected chi connectivity index (χ3v) is 5.61. The molecule has 182 valence electrons. The molecule has 2 saturated heterocycles. The molecule has 3 heterocycles. The third kappa shape index (κ3) is 6.03. The van der Waals surface area contributed by atoms with E-state index in [1.54, 1.807) is 18.3 Å². The first kappa shape index (κ1) is 23.5. The minimum Gasteiger partial charge on any atom is -0.490 e. The van der Waals surface area contributed by atoms with Crippen LogP contribution >= 0.6 is 0 Å². The highest BCUT2D eigenvalue weighted by Crippen LogP contribution is 2.28. The number of esters is 1. The number of nitrogens with zero attached hydrogens (tertiary/aromatic N) is 6. The molecule has 1 aromatic carbocycles. The third-order valence-electron chi connectivity index (χ3n) is 5.61. The molecular weight excluding hydrogens is 438 g/mol. The van der Waals surface area contributed by atoms with Gasteiger partial charge in [-0.1, -0.05) is 0 Å². The van der Waals surface area contributed by atoms with Crippen LogP contribution in [0.25, 0.3) is 0 Å². The second-order valence-corrected chi connectivity index (χ2v) is 8.02. The van der Waals surface area contributed by atoms with Gasteiger partial charge in [0, 0.05) is 26.2 Å². The number of carbonyl (C=O) groups is 1. The van der Waals surface area contributed by atoms with Crippen LogP contribution in [0.3, 0.4) is 0 Å². The first-order valence-corrected chi connectivity index (χ1v) is 11.7. The summed E-state index contributed by atoms with van der Waals surface area (Å²) < 4.78 is 15.8. The molecule has 2 aliphatic heterocycles. The highest BCUT2D eigenvalue weighted by atomic mass is 16.6. The van der Waals surface area contributed by atoms with Crippen molar-refractivity contribution >= 4 is 30.0 Å². The lowest BCUT2D eigenvalue weighted by molar-refractivity contribution is -0.142. The first-order chi connectivity index (χ1) is 16.7. The number of carbonyl (C=O) groups excluding carboxylic acids is 1. The Labute approximate surface area is 199 Å². The van der Waals surface area contributed by atoms with Crippen molar-refractivity contribution in [1.29, 1.82) is 0 Å². The van der Waals surface area contributed by atoms with Crippen molar-refractivity contribution in [2.45, 2.75) is 32.6 Å². The Hall–Kier alpha value is -3.63. The molecule has 0 amide bonds. The molecule has 0 bridgehead atoms. The number of aromatic nitrogens is 3. The first-order valence-electron chi connectivity index (χ1n) is 11.7. The zero-order chi connectivity index (χ0) is 23.8. The molecule has 0 unspecified atom stereocenters. The summed E-state index contributed by atoms with van der Waals surface area (Å²) in [5.41, 5.74) is 3.74. The Balaban J connectivity index is 1.48. The van der Waals surface area contributed by atoms with Gasteiger partial charge in [-0.3, -0.25) is 0 Å². The van der Waals surface area contributed by atoms with Gasteiger partial charge in [0.25, 0.3) is 0 Å². The number of anilines is 3. The molecule has 11 nitrogen and oxygen atoms in total. The molecule has 0 atom stereocenters. The van der Waals surface area contributed by atoms with Crippen molar-refractivity contribution in [3.63, 3.8) is 0 Å². The molecule has 1 N–H and O–H groups in total. The molecule has 0 radical (unpaired) electrons. The summed E-state index contributed by atoms with van der Waals surface area (Å²) in [5, 5.41) is 4.33. The van der Waals surface area contributed by atoms with Gasteiger partial charge in [-0.05, 0) is 56.4 Å². The Morgan fingerprint density at radius 1 is 1.00 bits per heavy atom. The van der Waals surface area contributed by atoms with E-state index in [2.05, 4.69) is 35.0 Å². The van der Waals surface area contributed by atoms with Crippen LogP contribution in [0.5, 0.6) is 11.5 Å². The van der Waals surface area contributed by atoms with Crippen LogP contribution in [0.2, 0.25) is 0 Å². The number of benzene rings is 1. The molecule has 11 heteroatoms. The van der Waals surface area contributed by atoms with Crippen LogP contribution < -0.4 is 24.7 Å². The fraction of sp³-hybridized carbons (Fsp3) is 0.522. The van der Waals surface area contributed by atoms with Gasteiger partial charge in [-0.2, -0.15) is 20.1 Å². The molecular formula is C23H31N7O4. The van der Waals surface area contributed by atoms with Gasteiger partial charge in [0.15, 0.2) is 18.1 Å². The van der Waals surface area contributed by atoms with Gasteiger partial charge in [-0.15, -0.1) is 0 Å². The van der Waals surface area contributed by atoms with Gasteiger partial charge in [0.05, 0.1) is 19.9 Å². The van der Waals surface area contributed by atoms with Crippen LogP contribution in [-0.4, -0.2) is 73.6 Å². The fourth-order valence-electron chi connectivity index (χ4n) is 3.87. The lowest BCUT2D eigenvalue weighted by Gasteiger charge is -2.20. The van der Waals surface area contributed by atoms with Gasteiger partial charge >= 0.3 is 5.97 Å². The molecule has 2 fully saturated rings. The number of nitrogens with one attached hydrogen (secondary N) is 1. The average molecular weight is 470 g/mol. The van der Waals surface area contributed by atoms with Crippen LogP contribution in [-0.2, 0) is 9.53 Å². The Morgan fingerprint density at radius 3 is 2.24 bits per heavy atom. The maximum absolute atomic E-state index is 11.4. The lowest BCUT2D eigenvalue weighted by atomic mass is 10.2. The number of rotatable bonds is 10. The molecule has 4 rings (SSSR count). The van der Waals surface area contributed by atoms with Crippen molar-refractivity contribution in [1.82, 2.24) is 15.0 Å². The Bertz CT molecular complexity index is 971. The van der Waals surface area contributed by atoms with Crippen LogP contribution in [0.4, 0.5) is 17.8 Å². The molecule has 0 spiro atoms. The maximum Gasteiger partial charge on any atom is 0.343 e. The molecule has 0 saturated carbocycles. The van der Waals surface area contributed by atoms with Crippen molar-refractivity contribution in [2.75, 3.05) is 61.7 Å². The number of methoxy groups -OCH3 is 1. The normalized spacial score (nSPS) is 15.7. The summed E-state index contributed by atoms with van der Waals surface area (Å²) in [4.78, 5) is 29.7. The van der Waals surface area contributed by atoms with E-state index >= 15 is 0 Å². The van der Waals surface area contributed by atoms with Crippen molar-refractivity contribution in [2.24, 2.45) is 5.10 Å². The highest BCUT2D eigenvalue weighted by molar-refractivity contribution is 5.81. The predicted molar refractivity (Wildman–Crippen MR) is 129 cm³/mol. The van der Waals surface area contributed by atoms with Crippen molar-refractivity contribution < 1.29 is 19.0 Å². The zero-order valence-corrected chi connectivity index (χ0v) is 19.7.